The molecule has 1 aliphatic rings. The van der Waals surface area contributed by atoms with Gasteiger partial charge in [-0.1, -0.05) is 18.2 Å². The maximum Gasteiger partial charge on any atom is 0.257 e. The molecule has 1 N–H and O–H groups in total. The van der Waals surface area contributed by atoms with E-state index in [2.05, 4.69) is 56.8 Å². The molecule has 1 fully saturated rings. The highest BCUT2D eigenvalue weighted by atomic mass is 15.3. The molecule has 0 unspecified atom stereocenters. The number of hydrogen-bond donors (Lipinski definition) is 1. The van der Waals surface area contributed by atoms with Gasteiger partial charge in [0.1, 0.15) is 11.6 Å². The first-order valence-corrected chi connectivity index (χ1v) is 9.02. The van der Waals surface area contributed by atoms with E-state index in [1.165, 1.54) is 18.5 Å². The molecule has 130 valence electrons. The van der Waals surface area contributed by atoms with Crippen molar-refractivity contribution in [3.8, 4) is 0 Å². The van der Waals surface area contributed by atoms with Crippen molar-refractivity contribution in [2.45, 2.75) is 19.8 Å². The quantitative estimate of drug-likeness (QED) is 0.610. The SMILES string of the molecule is Cc1nnc2nc(Nc3cccc(N4CCCC4)c3)c3ccccc3n12. The highest BCUT2D eigenvalue weighted by molar-refractivity contribution is 5.93. The monoisotopic (exact) mass is 344 g/mol. The average molecular weight is 344 g/mol. The zero-order valence-electron chi connectivity index (χ0n) is 14.7. The number of benzene rings is 2. The Morgan fingerprint density at radius 2 is 1.81 bits per heavy atom. The lowest BCUT2D eigenvalue weighted by atomic mass is 10.2. The van der Waals surface area contributed by atoms with Gasteiger partial charge in [-0.05, 0) is 50.1 Å². The fourth-order valence-electron chi connectivity index (χ4n) is 3.72. The molecule has 0 aliphatic carbocycles. The molecule has 0 amide bonds. The van der Waals surface area contributed by atoms with Crippen LogP contribution in [0.15, 0.2) is 48.5 Å². The van der Waals surface area contributed by atoms with Crippen molar-refractivity contribution in [2.24, 2.45) is 0 Å². The van der Waals surface area contributed by atoms with Gasteiger partial charge in [-0.15, -0.1) is 10.2 Å². The number of para-hydroxylation sites is 1. The molecule has 1 saturated heterocycles. The molecule has 5 rings (SSSR count). The van der Waals surface area contributed by atoms with Gasteiger partial charge >= 0.3 is 0 Å². The third kappa shape index (κ3) is 2.45. The lowest BCUT2D eigenvalue weighted by Crippen LogP contribution is -2.17. The van der Waals surface area contributed by atoms with E-state index >= 15 is 0 Å². The van der Waals surface area contributed by atoms with Gasteiger partial charge in [-0.3, -0.25) is 4.40 Å². The Balaban J connectivity index is 1.60. The number of anilines is 3. The normalized spacial score (nSPS) is 14.4. The van der Waals surface area contributed by atoms with Crippen LogP contribution in [-0.4, -0.2) is 32.7 Å². The first-order chi connectivity index (χ1) is 12.8. The largest absolute Gasteiger partial charge is 0.371 e. The number of nitrogens with zero attached hydrogens (tertiary/aromatic N) is 5. The summed E-state index contributed by atoms with van der Waals surface area (Å²) in [5, 5.41) is 12.9. The summed E-state index contributed by atoms with van der Waals surface area (Å²) in [6.45, 7) is 4.21. The summed E-state index contributed by atoms with van der Waals surface area (Å²) in [5.74, 6) is 2.25. The first kappa shape index (κ1) is 15.1. The summed E-state index contributed by atoms with van der Waals surface area (Å²) in [5.41, 5.74) is 3.35. The van der Waals surface area contributed by atoms with Crippen molar-refractivity contribution in [3.05, 3.63) is 54.4 Å². The fourth-order valence-corrected chi connectivity index (χ4v) is 3.72. The fraction of sp³-hybridized carbons (Fsp3) is 0.250. The minimum Gasteiger partial charge on any atom is -0.371 e. The standard InChI is InChI=1S/C20H20N6/c1-14-23-24-20-22-19(17-9-2-3-10-18(17)26(14)20)21-15-7-6-8-16(13-15)25-11-4-5-12-25/h2-3,6-10,13H,4-5,11-12H2,1H3,(H,21,22,24). The molecule has 2 aromatic carbocycles. The molecular formula is C20H20N6. The van der Waals surface area contributed by atoms with Crippen LogP contribution in [-0.2, 0) is 0 Å². The molecule has 0 saturated carbocycles. The maximum absolute atomic E-state index is 4.71. The minimum absolute atomic E-state index is 0.611. The second kappa shape index (κ2) is 5.98. The smallest absolute Gasteiger partial charge is 0.257 e. The Hall–Kier alpha value is -3.15. The first-order valence-electron chi connectivity index (χ1n) is 9.02. The molecule has 0 spiro atoms. The second-order valence-electron chi connectivity index (χ2n) is 6.73. The number of aromatic nitrogens is 4. The number of hydrogen-bond acceptors (Lipinski definition) is 5. The van der Waals surface area contributed by atoms with Crippen LogP contribution in [0.3, 0.4) is 0 Å². The summed E-state index contributed by atoms with van der Waals surface area (Å²) < 4.78 is 1.99. The van der Waals surface area contributed by atoms with Gasteiger partial charge in [0.25, 0.3) is 5.78 Å². The Labute approximate surface area is 151 Å². The second-order valence-corrected chi connectivity index (χ2v) is 6.73. The van der Waals surface area contributed by atoms with Gasteiger partial charge < -0.3 is 10.2 Å². The van der Waals surface area contributed by atoms with Crippen LogP contribution in [0.4, 0.5) is 17.2 Å². The number of nitrogens with one attached hydrogen (secondary N) is 1. The van der Waals surface area contributed by atoms with E-state index in [0.717, 1.165) is 41.3 Å². The number of fused-ring (bicyclic) bond motifs is 3. The molecule has 2 aromatic heterocycles. The van der Waals surface area contributed by atoms with Crippen LogP contribution in [0.25, 0.3) is 16.7 Å². The molecule has 3 heterocycles. The molecule has 0 atom stereocenters. The maximum atomic E-state index is 4.71. The average Bonchev–Trinajstić information content (AvgIpc) is 3.33. The summed E-state index contributed by atoms with van der Waals surface area (Å²) in [4.78, 5) is 7.14. The van der Waals surface area contributed by atoms with Crippen molar-refractivity contribution < 1.29 is 0 Å². The van der Waals surface area contributed by atoms with E-state index in [-0.39, 0.29) is 0 Å². The lowest BCUT2D eigenvalue weighted by Gasteiger charge is -2.19. The zero-order chi connectivity index (χ0) is 17.5. The van der Waals surface area contributed by atoms with E-state index in [0.29, 0.717) is 5.78 Å². The van der Waals surface area contributed by atoms with Gasteiger partial charge in [0.05, 0.1) is 5.52 Å². The third-order valence-electron chi connectivity index (χ3n) is 5.00. The Morgan fingerprint density at radius 3 is 2.69 bits per heavy atom. The Kier molecular flexibility index (Phi) is 3.48. The van der Waals surface area contributed by atoms with E-state index < -0.39 is 0 Å². The van der Waals surface area contributed by atoms with Crippen molar-refractivity contribution in [1.82, 2.24) is 19.6 Å². The molecule has 0 radical (unpaired) electrons. The minimum atomic E-state index is 0.611. The van der Waals surface area contributed by atoms with Gasteiger partial charge in [-0.2, -0.15) is 4.98 Å². The van der Waals surface area contributed by atoms with E-state index in [4.69, 9.17) is 4.98 Å². The van der Waals surface area contributed by atoms with Crippen molar-refractivity contribution in [2.75, 3.05) is 23.3 Å². The Morgan fingerprint density at radius 1 is 0.962 bits per heavy atom. The van der Waals surface area contributed by atoms with Crippen molar-refractivity contribution in [3.63, 3.8) is 0 Å². The lowest BCUT2D eigenvalue weighted by molar-refractivity contribution is 0.949. The van der Waals surface area contributed by atoms with Crippen LogP contribution >= 0.6 is 0 Å². The van der Waals surface area contributed by atoms with Crippen LogP contribution < -0.4 is 10.2 Å². The Bertz CT molecular complexity index is 1090. The number of aryl methyl sites for hydroxylation is 1. The number of rotatable bonds is 3. The highest BCUT2D eigenvalue weighted by Gasteiger charge is 2.14. The van der Waals surface area contributed by atoms with Gasteiger partial charge in [-0.25, -0.2) is 0 Å². The third-order valence-corrected chi connectivity index (χ3v) is 5.00. The van der Waals surface area contributed by atoms with Crippen LogP contribution in [0, 0.1) is 6.92 Å². The van der Waals surface area contributed by atoms with Crippen LogP contribution in [0.2, 0.25) is 0 Å². The molecule has 1 aliphatic heterocycles. The van der Waals surface area contributed by atoms with Crippen molar-refractivity contribution in [1.29, 1.82) is 0 Å². The van der Waals surface area contributed by atoms with Gasteiger partial charge in [0.15, 0.2) is 0 Å². The van der Waals surface area contributed by atoms with E-state index in [1.807, 2.05) is 23.5 Å². The van der Waals surface area contributed by atoms with E-state index in [1.54, 1.807) is 0 Å². The van der Waals surface area contributed by atoms with E-state index in [9.17, 15) is 0 Å². The molecule has 26 heavy (non-hydrogen) atoms. The summed E-state index contributed by atoms with van der Waals surface area (Å²) in [7, 11) is 0. The predicted molar refractivity (Wildman–Crippen MR) is 104 cm³/mol. The zero-order valence-corrected chi connectivity index (χ0v) is 14.7. The summed E-state index contributed by atoms with van der Waals surface area (Å²) >= 11 is 0. The molecule has 4 aromatic rings. The predicted octanol–water partition coefficient (Wildman–Crippen LogP) is 3.93. The molecule has 0 bridgehead atoms. The summed E-state index contributed by atoms with van der Waals surface area (Å²) in [6.07, 6.45) is 2.54. The van der Waals surface area contributed by atoms with Crippen molar-refractivity contribution >= 4 is 33.9 Å². The topological polar surface area (TPSA) is 58.4 Å². The molecule has 6 nitrogen and oxygen atoms in total. The molecule has 6 heteroatoms. The van der Waals surface area contributed by atoms with Crippen LogP contribution in [0.5, 0.6) is 0 Å². The molecular weight excluding hydrogens is 324 g/mol. The highest BCUT2D eigenvalue weighted by Crippen LogP contribution is 2.29. The summed E-state index contributed by atoms with van der Waals surface area (Å²) in [6, 6.07) is 16.8. The van der Waals surface area contributed by atoms with Crippen LogP contribution in [0.1, 0.15) is 18.7 Å². The van der Waals surface area contributed by atoms with Gasteiger partial charge in [0.2, 0.25) is 0 Å². The van der Waals surface area contributed by atoms with Gasteiger partial charge in [0, 0.05) is 29.9 Å².